The average Bonchev–Trinajstić information content (AvgIpc) is 2.59. The van der Waals surface area contributed by atoms with Crippen LogP contribution in [0.15, 0.2) is 28.2 Å². The van der Waals surface area contributed by atoms with E-state index in [1.54, 1.807) is 13.8 Å². The molecule has 1 aromatic rings. The molecule has 0 aliphatic rings. The molecule has 0 amide bonds. The highest BCUT2D eigenvalue weighted by molar-refractivity contribution is 7.89. The summed E-state index contributed by atoms with van der Waals surface area (Å²) in [5.74, 6) is 0.244. The highest BCUT2D eigenvalue weighted by Gasteiger charge is 2.25. The van der Waals surface area contributed by atoms with Crippen LogP contribution in [0, 0.1) is 16.0 Å². The second kappa shape index (κ2) is 8.91. The number of anilines is 1. The zero-order valence-electron chi connectivity index (χ0n) is 15.3. The van der Waals surface area contributed by atoms with E-state index in [2.05, 4.69) is 10.5 Å². The minimum absolute atomic E-state index is 0.101. The van der Waals surface area contributed by atoms with E-state index in [9.17, 15) is 18.5 Å². The molecule has 25 heavy (non-hydrogen) atoms. The number of nitrogens with zero attached hydrogens (tertiary/aromatic N) is 3. The van der Waals surface area contributed by atoms with Crippen LogP contribution in [0.4, 0.5) is 11.4 Å². The molecule has 0 bridgehead atoms. The Labute approximate surface area is 149 Å². The van der Waals surface area contributed by atoms with E-state index in [4.69, 9.17) is 0 Å². The molecule has 0 aromatic heterocycles. The molecular weight excluding hydrogens is 344 g/mol. The molecular formula is C16H26N4O4S. The summed E-state index contributed by atoms with van der Waals surface area (Å²) in [5.41, 5.74) is 3.33. The number of nitro benzene ring substituents is 1. The lowest BCUT2D eigenvalue weighted by atomic mass is 10.1. The predicted octanol–water partition coefficient (Wildman–Crippen LogP) is 3.46. The molecule has 0 spiro atoms. The lowest BCUT2D eigenvalue weighted by molar-refractivity contribution is -0.384. The Bertz CT molecular complexity index is 743. The van der Waals surface area contributed by atoms with E-state index in [0.717, 1.165) is 18.2 Å². The number of nitro groups is 1. The van der Waals surface area contributed by atoms with Gasteiger partial charge < -0.3 is 0 Å². The standard InChI is InChI=1S/C16H26N4O4S/c1-6-12(4)13(5)17-18-15-10-9-14(11-16(15)20(21)22)25(23,24)19(7-2)8-3/h9-12,18H,6-8H2,1-5H3/b17-13-/t12-/m1/s1. The summed E-state index contributed by atoms with van der Waals surface area (Å²) in [6.45, 7) is 9.91. The molecule has 0 fully saturated rings. The number of hydrazone groups is 1. The largest absolute Gasteiger partial charge is 0.295 e. The monoisotopic (exact) mass is 370 g/mol. The van der Waals surface area contributed by atoms with Crippen molar-refractivity contribution in [1.82, 2.24) is 4.31 Å². The third-order valence-corrected chi connectivity index (χ3v) is 6.23. The fourth-order valence-corrected chi connectivity index (χ4v) is 3.66. The molecule has 0 unspecified atom stereocenters. The first-order chi connectivity index (χ1) is 11.7. The second-order valence-electron chi connectivity index (χ2n) is 5.70. The van der Waals surface area contributed by atoms with Crippen LogP contribution in [0.2, 0.25) is 0 Å². The Hall–Kier alpha value is -2.00. The van der Waals surface area contributed by atoms with Gasteiger partial charge in [-0.1, -0.05) is 27.7 Å². The van der Waals surface area contributed by atoms with Gasteiger partial charge in [-0.25, -0.2) is 8.42 Å². The minimum Gasteiger partial charge on any atom is -0.272 e. The average molecular weight is 370 g/mol. The Kier molecular flexibility index (Phi) is 7.50. The number of rotatable bonds is 9. The molecule has 1 N–H and O–H groups in total. The molecule has 140 valence electrons. The SMILES string of the molecule is CC[C@@H](C)/C(C)=N\Nc1ccc(S(=O)(=O)N(CC)CC)cc1[N+](=O)[O-]. The van der Waals surface area contributed by atoms with Crippen molar-refractivity contribution in [1.29, 1.82) is 0 Å². The fourth-order valence-electron chi connectivity index (χ4n) is 2.18. The zero-order valence-corrected chi connectivity index (χ0v) is 16.1. The van der Waals surface area contributed by atoms with Crippen LogP contribution in [0.1, 0.15) is 41.0 Å². The van der Waals surface area contributed by atoms with Crippen molar-refractivity contribution in [2.45, 2.75) is 45.9 Å². The summed E-state index contributed by atoms with van der Waals surface area (Å²) >= 11 is 0. The van der Waals surface area contributed by atoms with Crippen LogP contribution >= 0.6 is 0 Å². The molecule has 0 saturated carbocycles. The van der Waals surface area contributed by atoms with Gasteiger partial charge in [0.05, 0.1) is 9.82 Å². The molecule has 0 aliphatic heterocycles. The van der Waals surface area contributed by atoms with Crippen LogP contribution in [0.5, 0.6) is 0 Å². The van der Waals surface area contributed by atoms with Crippen molar-refractivity contribution in [3.63, 3.8) is 0 Å². The highest BCUT2D eigenvalue weighted by atomic mass is 32.2. The third kappa shape index (κ3) is 4.99. The summed E-state index contributed by atoms with van der Waals surface area (Å²) in [5, 5.41) is 15.5. The van der Waals surface area contributed by atoms with Gasteiger partial charge in [-0.15, -0.1) is 0 Å². The maximum Gasteiger partial charge on any atom is 0.295 e. The first-order valence-electron chi connectivity index (χ1n) is 8.27. The minimum atomic E-state index is -3.76. The van der Waals surface area contributed by atoms with E-state index in [1.807, 2.05) is 20.8 Å². The van der Waals surface area contributed by atoms with Gasteiger partial charge in [-0.05, 0) is 31.4 Å². The van der Waals surface area contributed by atoms with E-state index in [1.165, 1.54) is 16.4 Å². The maximum atomic E-state index is 12.5. The Morgan fingerprint density at radius 2 is 1.92 bits per heavy atom. The lowest BCUT2D eigenvalue weighted by Crippen LogP contribution is -2.30. The van der Waals surface area contributed by atoms with Crippen molar-refractivity contribution in [3.05, 3.63) is 28.3 Å². The summed E-state index contributed by atoms with van der Waals surface area (Å²) in [6.07, 6.45) is 0.903. The van der Waals surface area contributed by atoms with Gasteiger partial charge in [0.25, 0.3) is 5.69 Å². The van der Waals surface area contributed by atoms with E-state index in [0.29, 0.717) is 13.1 Å². The summed E-state index contributed by atoms with van der Waals surface area (Å²) in [4.78, 5) is 10.6. The highest BCUT2D eigenvalue weighted by Crippen LogP contribution is 2.29. The fraction of sp³-hybridized carbons (Fsp3) is 0.562. The van der Waals surface area contributed by atoms with Crippen LogP contribution in [-0.2, 0) is 10.0 Å². The Morgan fingerprint density at radius 3 is 2.40 bits per heavy atom. The third-order valence-electron chi connectivity index (χ3n) is 4.19. The molecule has 9 heteroatoms. The van der Waals surface area contributed by atoms with Gasteiger partial charge in [0, 0.05) is 24.9 Å². The molecule has 1 rings (SSSR count). The van der Waals surface area contributed by atoms with Crippen LogP contribution in [-0.4, -0.2) is 36.4 Å². The van der Waals surface area contributed by atoms with Crippen LogP contribution in [0.25, 0.3) is 0 Å². The maximum absolute atomic E-state index is 12.5. The quantitative estimate of drug-likeness (QED) is 0.407. The molecule has 1 atom stereocenters. The molecule has 0 radical (unpaired) electrons. The van der Waals surface area contributed by atoms with Crippen LogP contribution < -0.4 is 5.43 Å². The summed E-state index contributed by atoms with van der Waals surface area (Å²) in [7, 11) is -3.76. The van der Waals surface area contributed by atoms with Crippen LogP contribution in [0.3, 0.4) is 0 Å². The van der Waals surface area contributed by atoms with Crippen molar-refractivity contribution < 1.29 is 13.3 Å². The molecule has 0 heterocycles. The van der Waals surface area contributed by atoms with Gasteiger partial charge in [-0.3, -0.25) is 15.5 Å². The predicted molar refractivity (Wildman–Crippen MR) is 99.4 cm³/mol. The van der Waals surface area contributed by atoms with E-state index >= 15 is 0 Å². The summed E-state index contributed by atoms with van der Waals surface area (Å²) in [6, 6.07) is 3.81. The number of nitrogens with one attached hydrogen (secondary N) is 1. The first-order valence-corrected chi connectivity index (χ1v) is 9.71. The van der Waals surface area contributed by atoms with Gasteiger partial charge in [0.15, 0.2) is 0 Å². The summed E-state index contributed by atoms with van der Waals surface area (Å²) < 4.78 is 26.3. The normalized spacial score (nSPS) is 13.8. The van der Waals surface area contributed by atoms with Gasteiger partial charge in [0.2, 0.25) is 10.0 Å². The zero-order chi connectivity index (χ0) is 19.2. The molecule has 8 nitrogen and oxygen atoms in total. The second-order valence-corrected chi connectivity index (χ2v) is 7.64. The molecule has 1 aromatic carbocycles. The molecule has 0 aliphatic carbocycles. The first kappa shape index (κ1) is 21.0. The van der Waals surface area contributed by atoms with E-state index in [-0.39, 0.29) is 22.2 Å². The van der Waals surface area contributed by atoms with Gasteiger partial charge in [-0.2, -0.15) is 9.41 Å². The van der Waals surface area contributed by atoms with E-state index < -0.39 is 14.9 Å². The Morgan fingerprint density at radius 1 is 1.32 bits per heavy atom. The topological polar surface area (TPSA) is 105 Å². The molecule has 0 saturated heterocycles. The number of hydrogen-bond donors (Lipinski definition) is 1. The smallest absolute Gasteiger partial charge is 0.272 e. The van der Waals surface area contributed by atoms with Crippen molar-refractivity contribution in [2.75, 3.05) is 18.5 Å². The van der Waals surface area contributed by atoms with Crippen molar-refractivity contribution >= 4 is 27.1 Å². The van der Waals surface area contributed by atoms with Crippen molar-refractivity contribution in [3.8, 4) is 0 Å². The lowest BCUT2D eigenvalue weighted by Gasteiger charge is -2.18. The van der Waals surface area contributed by atoms with Gasteiger partial charge in [0.1, 0.15) is 5.69 Å². The number of hydrogen-bond acceptors (Lipinski definition) is 6. The van der Waals surface area contributed by atoms with Gasteiger partial charge >= 0.3 is 0 Å². The number of sulfonamides is 1. The number of benzene rings is 1. The Balaban J connectivity index is 3.27. The van der Waals surface area contributed by atoms with Crippen molar-refractivity contribution in [2.24, 2.45) is 11.0 Å².